The van der Waals surface area contributed by atoms with Gasteiger partial charge in [-0.05, 0) is 84.0 Å². The van der Waals surface area contributed by atoms with Crippen LogP contribution in [0.5, 0.6) is 17.2 Å². The molecule has 4 rings (SSSR count). The van der Waals surface area contributed by atoms with E-state index >= 15 is 0 Å². The van der Waals surface area contributed by atoms with Crippen LogP contribution in [-0.4, -0.2) is 42.9 Å². The number of aryl methyl sites for hydroxylation is 1. The number of benzene rings is 3. The summed E-state index contributed by atoms with van der Waals surface area (Å²) in [6.45, 7) is 3.54. The number of aromatic nitrogens is 1. The van der Waals surface area contributed by atoms with E-state index in [0.29, 0.717) is 41.8 Å². The molecule has 0 aliphatic carbocycles. The number of pyridine rings is 1. The largest absolute Gasteiger partial charge is 0.497 e. The SMILES string of the molecule is COc1ccc(CN(Cc2cc3ccc(C)cc3[nH]c2=O)C(=S)NCCc2ccc(OC)c(OC)c2)cc1. The number of fused-ring (bicyclic) bond motifs is 1. The van der Waals surface area contributed by atoms with E-state index in [4.69, 9.17) is 26.4 Å². The zero-order valence-electron chi connectivity index (χ0n) is 22.2. The van der Waals surface area contributed by atoms with Crippen molar-refractivity contribution in [2.24, 2.45) is 0 Å². The Morgan fingerprint density at radius 2 is 1.61 bits per heavy atom. The lowest BCUT2D eigenvalue weighted by molar-refractivity contribution is 0.354. The number of nitrogens with one attached hydrogen (secondary N) is 2. The molecule has 2 N–H and O–H groups in total. The topological polar surface area (TPSA) is 75.8 Å². The summed E-state index contributed by atoms with van der Waals surface area (Å²) in [5.74, 6) is 2.18. The van der Waals surface area contributed by atoms with Crippen LogP contribution in [0, 0.1) is 6.92 Å². The summed E-state index contributed by atoms with van der Waals surface area (Å²) in [4.78, 5) is 18.0. The number of H-pyrrole nitrogens is 1. The number of nitrogens with zero attached hydrogens (tertiary/aromatic N) is 1. The zero-order valence-corrected chi connectivity index (χ0v) is 23.0. The summed E-state index contributed by atoms with van der Waals surface area (Å²) in [6.07, 6.45) is 0.743. The summed E-state index contributed by atoms with van der Waals surface area (Å²) >= 11 is 5.82. The molecule has 0 radical (unpaired) electrons. The van der Waals surface area contributed by atoms with Crippen molar-refractivity contribution in [2.75, 3.05) is 27.9 Å². The summed E-state index contributed by atoms with van der Waals surface area (Å²) in [7, 11) is 4.89. The van der Waals surface area contributed by atoms with E-state index < -0.39 is 0 Å². The van der Waals surface area contributed by atoms with Crippen molar-refractivity contribution in [1.82, 2.24) is 15.2 Å². The normalized spacial score (nSPS) is 10.7. The van der Waals surface area contributed by atoms with E-state index in [0.717, 1.165) is 39.8 Å². The quantitative estimate of drug-likeness (QED) is 0.280. The van der Waals surface area contributed by atoms with Gasteiger partial charge in [-0.25, -0.2) is 0 Å². The van der Waals surface area contributed by atoms with Gasteiger partial charge in [-0.3, -0.25) is 4.79 Å². The van der Waals surface area contributed by atoms with Crippen molar-refractivity contribution in [3.8, 4) is 17.2 Å². The third-order valence-electron chi connectivity index (χ3n) is 6.40. The molecule has 38 heavy (non-hydrogen) atoms. The summed E-state index contributed by atoms with van der Waals surface area (Å²) in [6, 6.07) is 21.7. The maximum atomic E-state index is 13.0. The molecule has 0 amide bonds. The van der Waals surface area contributed by atoms with Crippen LogP contribution in [0.2, 0.25) is 0 Å². The van der Waals surface area contributed by atoms with Gasteiger partial charge in [-0.15, -0.1) is 0 Å². The molecule has 0 atom stereocenters. The fraction of sp³-hybridized carbons (Fsp3) is 0.267. The lowest BCUT2D eigenvalue weighted by Crippen LogP contribution is -2.40. The number of hydrogen-bond donors (Lipinski definition) is 2. The smallest absolute Gasteiger partial charge is 0.253 e. The van der Waals surface area contributed by atoms with E-state index in [1.807, 2.05) is 78.6 Å². The average Bonchev–Trinajstić information content (AvgIpc) is 2.93. The Morgan fingerprint density at radius 3 is 2.32 bits per heavy atom. The second-order valence-corrected chi connectivity index (χ2v) is 9.48. The first-order valence-electron chi connectivity index (χ1n) is 12.4. The van der Waals surface area contributed by atoms with Crippen molar-refractivity contribution in [3.63, 3.8) is 0 Å². The highest BCUT2D eigenvalue weighted by molar-refractivity contribution is 7.80. The lowest BCUT2D eigenvalue weighted by Gasteiger charge is -2.26. The summed E-state index contributed by atoms with van der Waals surface area (Å²) in [5.41, 5.74) is 4.62. The van der Waals surface area contributed by atoms with E-state index in [9.17, 15) is 4.79 Å². The van der Waals surface area contributed by atoms with Crippen molar-refractivity contribution < 1.29 is 14.2 Å². The Morgan fingerprint density at radius 1 is 0.868 bits per heavy atom. The molecule has 0 aliphatic rings. The van der Waals surface area contributed by atoms with Crippen LogP contribution in [0.4, 0.5) is 0 Å². The van der Waals surface area contributed by atoms with Crippen LogP contribution in [0.3, 0.4) is 0 Å². The monoisotopic (exact) mass is 531 g/mol. The van der Waals surface area contributed by atoms with Crippen molar-refractivity contribution in [1.29, 1.82) is 0 Å². The molecular weight excluding hydrogens is 498 g/mol. The first-order valence-corrected chi connectivity index (χ1v) is 12.8. The van der Waals surface area contributed by atoms with E-state index in [1.165, 1.54) is 0 Å². The first-order chi connectivity index (χ1) is 18.4. The van der Waals surface area contributed by atoms with Gasteiger partial charge >= 0.3 is 0 Å². The molecule has 1 heterocycles. The Labute approximate surface area is 228 Å². The third kappa shape index (κ3) is 6.63. The molecule has 0 aliphatic heterocycles. The van der Waals surface area contributed by atoms with Gasteiger partial charge in [0.05, 0.1) is 27.9 Å². The molecule has 4 aromatic rings. The zero-order chi connectivity index (χ0) is 27.1. The molecule has 0 unspecified atom stereocenters. The Hall–Kier alpha value is -4.04. The summed E-state index contributed by atoms with van der Waals surface area (Å²) in [5, 5.41) is 4.93. The van der Waals surface area contributed by atoms with E-state index in [2.05, 4.69) is 10.3 Å². The Kier molecular flexibility index (Phi) is 8.86. The maximum absolute atomic E-state index is 13.0. The van der Waals surface area contributed by atoms with Gasteiger partial charge in [0.1, 0.15) is 5.75 Å². The highest BCUT2D eigenvalue weighted by Crippen LogP contribution is 2.27. The standard InChI is InChI=1S/C30H33N3O4S/c1-20-5-9-23-17-24(29(34)32-26(23)15-20)19-33(18-22-6-10-25(35-2)11-7-22)30(38)31-14-13-21-8-12-27(36-3)28(16-21)37-4/h5-12,15-17H,13-14,18-19H2,1-4H3,(H,31,38)(H,32,34). The van der Waals surface area contributed by atoms with Gasteiger partial charge in [0.25, 0.3) is 5.56 Å². The van der Waals surface area contributed by atoms with Gasteiger partial charge in [0.15, 0.2) is 16.6 Å². The van der Waals surface area contributed by atoms with Crippen LogP contribution in [0.25, 0.3) is 10.9 Å². The van der Waals surface area contributed by atoms with E-state index in [1.54, 1.807) is 21.3 Å². The lowest BCUT2D eigenvalue weighted by atomic mass is 10.1. The number of ether oxygens (including phenoxy) is 3. The van der Waals surface area contributed by atoms with Gasteiger partial charge in [-0.2, -0.15) is 0 Å². The molecule has 0 saturated carbocycles. The Bertz CT molecular complexity index is 1470. The van der Waals surface area contributed by atoms with Crippen LogP contribution < -0.4 is 25.1 Å². The molecule has 0 fully saturated rings. The predicted molar refractivity (Wildman–Crippen MR) is 155 cm³/mol. The fourth-order valence-corrected chi connectivity index (χ4v) is 4.53. The van der Waals surface area contributed by atoms with Crippen molar-refractivity contribution in [3.05, 3.63) is 99.3 Å². The van der Waals surface area contributed by atoms with Gasteiger partial charge in [0, 0.05) is 24.2 Å². The molecule has 0 bridgehead atoms. The number of rotatable bonds is 10. The maximum Gasteiger partial charge on any atom is 0.253 e. The molecule has 3 aromatic carbocycles. The predicted octanol–water partition coefficient (Wildman–Crippen LogP) is 4.98. The molecular formula is C30H33N3O4S. The van der Waals surface area contributed by atoms with Crippen molar-refractivity contribution in [2.45, 2.75) is 26.4 Å². The molecule has 198 valence electrons. The van der Waals surface area contributed by atoms with Gasteiger partial charge in [0.2, 0.25) is 0 Å². The second kappa shape index (κ2) is 12.5. The van der Waals surface area contributed by atoms with Crippen molar-refractivity contribution >= 4 is 28.2 Å². The number of hydrogen-bond acceptors (Lipinski definition) is 5. The highest BCUT2D eigenvalue weighted by Gasteiger charge is 2.15. The minimum absolute atomic E-state index is 0.115. The minimum Gasteiger partial charge on any atom is -0.497 e. The highest BCUT2D eigenvalue weighted by atomic mass is 32.1. The molecule has 8 heteroatoms. The van der Waals surface area contributed by atoms with Crippen LogP contribution in [-0.2, 0) is 19.5 Å². The number of aromatic amines is 1. The van der Waals surface area contributed by atoms with Crippen LogP contribution in [0.1, 0.15) is 22.3 Å². The minimum atomic E-state index is -0.115. The van der Waals surface area contributed by atoms with Gasteiger partial charge < -0.3 is 29.4 Å². The molecule has 1 aromatic heterocycles. The number of thiocarbonyl (C=S) groups is 1. The molecule has 0 saturated heterocycles. The summed E-state index contributed by atoms with van der Waals surface area (Å²) < 4.78 is 16.0. The van der Waals surface area contributed by atoms with Crippen LogP contribution >= 0.6 is 12.2 Å². The molecule has 0 spiro atoms. The fourth-order valence-electron chi connectivity index (χ4n) is 4.30. The van der Waals surface area contributed by atoms with E-state index in [-0.39, 0.29) is 5.56 Å². The Balaban J connectivity index is 1.52. The first kappa shape index (κ1) is 27.0. The molecule has 7 nitrogen and oxygen atoms in total. The second-order valence-electron chi connectivity index (χ2n) is 9.09. The third-order valence-corrected chi connectivity index (χ3v) is 6.80. The van der Waals surface area contributed by atoms with Crippen LogP contribution in [0.15, 0.2) is 71.5 Å². The number of methoxy groups -OCH3 is 3. The van der Waals surface area contributed by atoms with Gasteiger partial charge in [-0.1, -0.05) is 30.3 Å². The average molecular weight is 532 g/mol.